The molecule has 0 aromatic carbocycles. The molecule has 1 aliphatic heterocycles. The summed E-state index contributed by atoms with van der Waals surface area (Å²) in [5, 5.41) is 0. The molecule has 0 amide bonds. The molecule has 2 aliphatic rings. The van der Waals surface area contributed by atoms with Crippen LogP contribution in [0.5, 0.6) is 0 Å². The van der Waals surface area contributed by atoms with Crippen LogP contribution in [0.15, 0.2) is 0 Å². The van der Waals surface area contributed by atoms with E-state index in [1.165, 1.54) is 45.2 Å². The van der Waals surface area contributed by atoms with Crippen LogP contribution in [0.3, 0.4) is 0 Å². The second-order valence-electron chi connectivity index (χ2n) is 6.96. The van der Waals surface area contributed by atoms with Gasteiger partial charge in [-0.1, -0.05) is 20.8 Å². The van der Waals surface area contributed by atoms with Crippen molar-refractivity contribution in [2.24, 2.45) is 23.5 Å². The van der Waals surface area contributed by atoms with Crippen LogP contribution >= 0.6 is 0 Å². The van der Waals surface area contributed by atoms with Gasteiger partial charge in [0.05, 0.1) is 0 Å². The number of nitrogens with zero attached hydrogens (tertiary/aromatic N) is 1. The number of piperidine rings is 1. The first-order chi connectivity index (χ1) is 8.05. The highest BCUT2D eigenvalue weighted by Crippen LogP contribution is 2.38. The minimum Gasteiger partial charge on any atom is -0.329 e. The summed E-state index contributed by atoms with van der Waals surface area (Å²) < 4.78 is 0. The molecule has 2 rings (SSSR count). The van der Waals surface area contributed by atoms with E-state index in [0.29, 0.717) is 5.54 Å². The average molecular weight is 238 g/mol. The molecule has 1 saturated heterocycles. The van der Waals surface area contributed by atoms with Crippen molar-refractivity contribution in [1.29, 1.82) is 0 Å². The maximum absolute atomic E-state index is 6.16. The third-order valence-corrected chi connectivity index (χ3v) is 5.12. The first-order valence-corrected chi connectivity index (χ1v) is 7.51. The highest BCUT2D eigenvalue weighted by atomic mass is 15.2. The molecule has 2 heteroatoms. The predicted molar refractivity (Wildman–Crippen MR) is 73.9 cm³/mol. The third-order valence-electron chi connectivity index (χ3n) is 5.12. The zero-order valence-corrected chi connectivity index (χ0v) is 11.9. The van der Waals surface area contributed by atoms with Crippen molar-refractivity contribution >= 4 is 0 Å². The standard InChI is InChI=1S/C15H30N2/c1-12-4-6-15(11-16,7-5-12)17-9-13(2)8-14(3)10-17/h12-14H,4-11,16H2,1-3H3. The molecule has 0 radical (unpaired) electrons. The maximum atomic E-state index is 6.16. The van der Waals surface area contributed by atoms with Gasteiger partial charge >= 0.3 is 0 Å². The molecule has 1 heterocycles. The van der Waals surface area contributed by atoms with Crippen LogP contribution in [0.4, 0.5) is 0 Å². The fraction of sp³-hybridized carbons (Fsp3) is 1.00. The van der Waals surface area contributed by atoms with E-state index in [1.807, 2.05) is 0 Å². The number of hydrogen-bond acceptors (Lipinski definition) is 2. The van der Waals surface area contributed by atoms with Crippen LogP contribution in [0.1, 0.15) is 52.9 Å². The summed E-state index contributed by atoms with van der Waals surface area (Å²) in [4.78, 5) is 2.75. The van der Waals surface area contributed by atoms with Gasteiger partial charge in [0.15, 0.2) is 0 Å². The van der Waals surface area contributed by atoms with Crippen molar-refractivity contribution in [2.75, 3.05) is 19.6 Å². The largest absolute Gasteiger partial charge is 0.329 e. The van der Waals surface area contributed by atoms with Crippen LogP contribution in [0.2, 0.25) is 0 Å². The summed E-state index contributed by atoms with van der Waals surface area (Å²) >= 11 is 0. The predicted octanol–water partition coefficient (Wildman–Crippen LogP) is 2.87. The lowest BCUT2D eigenvalue weighted by Gasteiger charge is -2.51. The molecule has 1 aliphatic carbocycles. The molecular formula is C15H30N2. The smallest absolute Gasteiger partial charge is 0.0332 e. The van der Waals surface area contributed by atoms with E-state index in [4.69, 9.17) is 5.73 Å². The van der Waals surface area contributed by atoms with Gasteiger partial charge in [0, 0.05) is 25.2 Å². The molecule has 2 atom stereocenters. The number of nitrogens with two attached hydrogens (primary N) is 1. The van der Waals surface area contributed by atoms with Crippen molar-refractivity contribution in [3.8, 4) is 0 Å². The summed E-state index contributed by atoms with van der Waals surface area (Å²) in [6.07, 6.45) is 6.79. The first-order valence-electron chi connectivity index (χ1n) is 7.51. The van der Waals surface area contributed by atoms with Gasteiger partial charge in [0.25, 0.3) is 0 Å². The minimum atomic E-state index is 0.343. The molecule has 2 N–H and O–H groups in total. The second-order valence-corrected chi connectivity index (χ2v) is 6.96. The Morgan fingerprint density at radius 3 is 2.00 bits per heavy atom. The lowest BCUT2D eigenvalue weighted by Crippen LogP contribution is -2.59. The van der Waals surface area contributed by atoms with Gasteiger partial charge in [0.1, 0.15) is 0 Å². The van der Waals surface area contributed by atoms with Crippen LogP contribution < -0.4 is 5.73 Å². The van der Waals surface area contributed by atoms with Crippen LogP contribution in [-0.4, -0.2) is 30.1 Å². The molecule has 0 bridgehead atoms. The third kappa shape index (κ3) is 2.85. The van der Waals surface area contributed by atoms with Gasteiger partial charge in [-0.15, -0.1) is 0 Å². The van der Waals surface area contributed by atoms with Crippen molar-refractivity contribution < 1.29 is 0 Å². The van der Waals surface area contributed by atoms with Crippen LogP contribution in [-0.2, 0) is 0 Å². The molecule has 100 valence electrons. The van der Waals surface area contributed by atoms with Crippen molar-refractivity contribution in [3.63, 3.8) is 0 Å². The van der Waals surface area contributed by atoms with Crippen LogP contribution in [0, 0.1) is 17.8 Å². The highest BCUT2D eigenvalue weighted by molar-refractivity contribution is 4.97. The Kier molecular flexibility index (Phi) is 4.14. The Balaban J connectivity index is 2.06. The number of rotatable bonds is 2. The van der Waals surface area contributed by atoms with E-state index in [9.17, 15) is 0 Å². The minimum absolute atomic E-state index is 0.343. The fourth-order valence-corrected chi connectivity index (χ4v) is 4.00. The summed E-state index contributed by atoms with van der Waals surface area (Å²) in [5.74, 6) is 2.61. The van der Waals surface area contributed by atoms with E-state index in [1.54, 1.807) is 0 Å². The van der Waals surface area contributed by atoms with Gasteiger partial charge in [-0.2, -0.15) is 0 Å². The second kappa shape index (κ2) is 5.27. The van der Waals surface area contributed by atoms with E-state index in [2.05, 4.69) is 25.7 Å². The monoisotopic (exact) mass is 238 g/mol. The first kappa shape index (κ1) is 13.4. The maximum Gasteiger partial charge on any atom is 0.0332 e. The fourth-order valence-electron chi connectivity index (χ4n) is 4.00. The molecule has 0 aromatic heterocycles. The molecule has 0 spiro atoms. The lowest BCUT2D eigenvalue weighted by molar-refractivity contribution is -0.00257. The summed E-state index contributed by atoms with van der Waals surface area (Å²) in [6, 6.07) is 0. The van der Waals surface area contributed by atoms with Gasteiger partial charge in [0.2, 0.25) is 0 Å². The molecule has 2 fully saturated rings. The highest BCUT2D eigenvalue weighted by Gasteiger charge is 2.40. The number of likely N-dealkylation sites (tertiary alicyclic amines) is 1. The van der Waals surface area contributed by atoms with Crippen molar-refractivity contribution in [2.45, 2.75) is 58.4 Å². The Labute approximate surface area is 107 Å². The molecule has 2 unspecified atom stereocenters. The summed E-state index contributed by atoms with van der Waals surface area (Å²) in [6.45, 7) is 10.6. The zero-order valence-electron chi connectivity index (χ0n) is 11.9. The van der Waals surface area contributed by atoms with Gasteiger partial charge in [-0.05, 0) is 49.9 Å². The Hall–Kier alpha value is -0.0800. The van der Waals surface area contributed by atoms with Gasteiger partial charge in [-0.25, -0.2) is 0 Å². The van der Waals surface area contributed by atoms with Gasteiger partial charge in [-0.3, -0.25) is 4.90 Å². The normalized spacial score (nSPS) is 44.8. The molecule has 1 saturated carbocycles. The van der Waals surface area contributed by atoms with E-state index in [-0.39, 0.29) is 0 Å². The van der Waals surface area contributed by atoms with Gasteiger partial charge < -0.3 is 5.73 Å². The van der Waals surface area contributed by atoms with Crippen molar-refractivity contribution in [1.82, 2.24) is 4.90 Å². The quantitative estimate of drug-likeness (QED) is 0.801. The van der Waals surface area contributed by atoms with E-state index in [0.717, 1.165) is 24.3 Å². The summed E-state index contributed by atoms with van der Waals surface area (Å²) in [5.41, 5.74) is 6.51. The van der Waals surface area contributed by atoms with E-state index < -0.39 is 0 Å². The lowest BCUT2D eigenvalue weighted by atomic mass is 9.74. The molecular weight excluding hydrogens is 208 g/mol. The summed E-state index contributed by atoms with van der Waals surface area (Å²) in [7, 11) is 0. The SMILES string of the molecule is CC1CCC(CN)(N2CC(C)CC(C)C2)CC1. The Morgan fingerprint density at radius 2 is 1.53 bits per heavy atom. The number of hydrogen-bond donors (Lipinski definition) is 1. The van der Waals surface area contributed by atoms with Crippen LogP contribution in [0.25, 0.3) is 0 Å². The Morgan fingerprint density at radius 1 is 1.00 bits per heavy atom. The molecule has 2 nitrogen and oxygen atoms in total. The molecule has 17 heavy (non-hydrogen) atoms. The molecule has 0 aromatic rings. The zero-order chi connectivity index (χ0) is 12.5. The average Bonchev–Trinajstić information content (AvgIpc) is 2.29. The van der Waals surface area contributed by atoms with Crippen molar-refractivity contribution in [3.05, 3.63) is 0 Å². The topological polar surface area (TPSA) is 29.3 Å². The Bertz CT molecular complexity index is 233. The van der Waals surface area contributed by atoms with E-state index >= 15 is 0 Å².